The summed E-state index contributed by atoms with van der Waals surface area (Å²) >= 11 is 0. The molecule has 3 aromatic heterocycles. The second kappa shape index (κ2) is 8.09. The van der Waals surface area contributed by atoms with Crippen molar-refractivity contribution in [3.8, 4) is 11.1 Å². The zero-order valence-corrected chi connectivity index (χ0v) is 18.5. The Morgan fingerprint density at radius 2 is 1.91 bits per heavy atom. The molecule has 3 heterocycles. The van der Waals surface area contributed by atoms with E-state index in [4.69, 9.17) is 4.74 Å². The normalized spacial score (nSPS) is 21.4. The molecule has 1 saturated carbocycles. The highest BCUT2D eigenvalue weighted by Gasteiger charge is 2.29. The predicted octanol–water partition coefficient (Wildman–Crippen LogP) is 4.39. The Kier molecular flexibility index (Phi) is 5.25. The quantitative estimate of drug-likeness (QED) is 0.475. The first-order chi connectivity index (χ1) is 15.5. The first kappa shape index (κ1) is 20.8. The summed E-state index contributed by atoms with van der Waals surface area (Å²) in [5.41, 5.74) is 3.39. The molecule has 0 bridgehead atoms. The molecule has 0 radical (unpaired) electrons. The van der Waals surface area contributed by atoms with Gasteiger partial charge in [0, 0.05) is 19.3 Å². The Morgan fingerprint density at radius 1 is 1.12 bits per heavy atom. The number of halogens is 1. The van der Waals surface area contributed by atoms with Crippen LogP contribution in [0.15, 0.2) is 41.3 Å². The van der Waals surface area contributed by atoms with E-state index in [-0.39, 0.29) is 24.0 Å². The summed E-state index contributed by atoms with van der Waals surface area (Å²) in [5.74, 6) is 0.673. The van der Waals surface area contributed by atoms with Crippen LogP contribution in [0.5, 0.6) is 0 Å². The van der Waals surface area contributed by atoms with Gasteiger partial charge in [0.1, 0.15) is 11.3 Å². The third-order valence-corrected chi connectivity index (χ3v) is 6.91. The van der Waals surface area contributed by atoms with Crippen LogP contribution in [0.25, 0.3) is 27.8 Å². The lowest BCUT2D eigenvalue weighted by Crippen LogP contribution is -2.34. The monoisotopic (exact) mass is 435 g/mol. The van der Waals surface area contributed by atoms with E-state index in [0.717, 1.165) is 24.0 Å². The molecule has 166 valence electrons. The van der Waals surface area contributed by atoms with Gasteiger partial charge in [-0.2, -0.15) is 5.10 Å². The third kappa shape index (κ3) is 3.30. The standard InChI is InChI=1S/C24H26FN5O2/c1-14-5-4-6-19(15(14)2)29-12-11-20-22(24(29)31)26-27-23-21(16-7-9-17(25)10-8-16)18(13-32-3)28-30(20)23/h7-12,14-15,19H,4-6,13H2,1-3H3/t14-,15+,19+/m0/s1. The average molecular weight is 436 g/mol. The maximum absolute atomic E-state index is 13.5. The van der Waals surface area contributed by atoms with Crippen molar-refractivity contribution in [3.63, 3.8) is 0 Å². The average Bonchev–Trinajstić information content (AvgIpc) is 3.15. The van der Waals surface area contributed by atoms with Crippen molar-refractivity contribution in [2.24, 2.45) is 11.8 Å². The fraction of sp³-hybridized carbons (Fsp3) is 0.417. The van der Waals surface area contributed by atoms with Gasteiger partial charge >= 0.3 is 0 Å². The van der Waals surface area contributed by atoms with Crippen LogP contribution < -0.4 is 5.56 Å². The molecule has 1 aliphatic rings. The van der Waals surface area contributed by atoms with E-state index in [1.54, 1.807) is 23.8 Å². The number of nitrogens with zero attached hydrogens (tertiary/aromatic N) is 5. The lowest BCUT2D eigenvalue weighted by atomic mass is 9.78. The minimum Gasteiger partial charge on any atom is -0.378 e. The number of hydrogen-bond donors (Lipinski definition) is 0. The van der Waals surface area contributed by atoms with Crippen LogP contribution in [0.4, 0.5) is 4.39 Å². The largest absolute Gasteiger partial charge is 0.378 e. The third-order valence-electron chi connectivity index (χ3n) is 6.91. The van der Waals surface area contributed by atoms with Crippen LogP contribution >= 0.6 is 0 Å². The zero-order valence-electron chi connectivity index (χ0n) is 18.5. The minimum atomic E-state index is -0.318. The number of fused-ring (bicyclic) bond motifs is 3. The van der Waals surface area contributed by atoms with E-state index in [1.165, 1.54) is 18.6 Å². The van der Waals surface area contributed by atoms with Gasteiger partial charge in [0.25, 0.3) is 5.56 Å². The molecule has 32 heavy (non-hydrogen) atoms. The minimum absolute atomic E-state index is 0.144. The van der Waals surface area contributed by atoms with Crippen molar-refractivity contribution in [2.75, 3.05) is 7.11 Å². The maximum atomic E-state index is 13.5. The van der Waals surface area contributed by atoms with Gasteiger partial charge in [0.05, 0.1) is 17.9 Å². The Morgan fingerprint density at radius 3 is 2.66 bits per heavy atom. The Bertz CT molecular complexity index is 1340. The smallest absolute Gasteiger partial charge is 0.280 e. The number of benzene rings is 1. The van der Waals surface area contributed by atoms with Crippen LogP contribution in [0.2, 0.25) is 0 Å². The van der Waals surface area contributed by atoms with Crippen molar-refractivity contribution < 1.29 is 9.13 Å². The van der Waals surface area contributed by atoms with Gasteiger partial charge in [-0.25, -0.2) is 8.91 Å². The number of pyridine rings is 1. The van der Waals surface area contributed by atoms with Crippen molar-refractivity contribution in [1.29, 1.82) is 0 Å². The molecule has 7 nitrogen and oxygen atoms in total. The Hall–Kier alpha value is -3.13. The molecule has 0 unspecified atom stereocenters. The second-order valence-electron chi connectivity index (χ2n) is 8.79. The van der Waals surface area contributed by atoms with Gasteiger partial charge in [0.2, 0.25) is 0 Å². The molecule has 0 saturated heterocycles. The van der Waals surface area contributed by atoms with Gasteiger partial charge in [-0.1, -0.05) is 38.8 Å². The number of ether oxygens (including phenoxy) is 1. The van der Waals surface area contributed by atoms with Crippen LogP contribution in [0.1, 0.15) is 44.8 Å². The predicted molar refractivity (Wildman–Crippen MR) is 120 cm³/mol. The highest BCUT2D eigenvalue weighted by molar-refractivity contribution is 5.84. The van der Waals surface area contributed by atoms with Gasteiger partial charge in [-0.15, -0.1) is 10.2 Å². The molecule has 8 heteroatoms. The van der Waals surface area contributed by atoms with E-state index in [2.05, 4.69) is 29.1 Å². The molecule has 3 atom stereocenters. The highest BCUT2D eigenvalue weighted by atomic mass is 19.1. The molecule has 0 amide bonds. The van der Waals surface area contributed by atoms with Crippen molar-refractivity contribution in [2.45, 2.75) is 45.8 Å². The molecule has 1 aliphatic carbocycles. The van der Waals surface area contributed by atoms with E-state index in [1.807, 2.05) is 16.8 Å². The second-order valence-corrected chi connectivity index (χ2v) is 8.79. The summed E-state index contributed by atoms with van der Waals surface area (Å²) in [7, 11) is 1.59. The number of methoxy groups -OCH3 is 1. The fourth-order valence-electron chi connectivity index (χ4n) is 4.96. The topological polar surface area (TPSA) is 74.3 Å². The molecular formula is C24H26FN5O2. The maximum Gasteiger partial charge on any atom is 0.280 e. The van der Waals surface area contributed by atoms with Crippen LogP contribution in [0.3, 0.4) is 0 Å². The van der Waals surface area contributed by atoms with Crippen LogP contribution in [0, 0.1) is 17.7 Å². The van der Waals surface area contributed by atoms with E-state index in [9.17, 15) is 9.18 Å². The Balaban J connectivity index is 1.70. The molecule has 0 aliphatic heterocycles. The fourth-order valence-corrected chi connectivity index (χ4v) is 4.96. The lowest BCUT2D eigenvalue weighted by Gasteiger charge is -2.35. The molecule has 0 N–H and O–H groups in total. The zero-order chi connectivity index (χ0) is 22.4. The van der Waals surface area contributed by atoms with E-state index >= 15 is 0 Å². The van der Waals surface area contributed by atoms with Gasteiger partial charge in [-0.05, 0) is 42.0 Å². The van der Waals surface area contributed by atoms with E-state index in [0.29, 0.717) is 34.2 Å². The Labute approximate surface area is 184 Å². The molecule has 1 fully saturated rings. The van der Waals surface area contributed by atoms with Crippen molar-refractivity contribution in [1.82, 2.24) is 24.4 Å². The molecule has 4 aromatic rings. The summed E-state index contributed by atoms with van der Waals surface area (Å²) in [6, 6.07) is 8.21. The molecule has 0 spiro atoms. The van der Waals surface area contributed by atoms with Crippen LogP contribution in [-0.2, 0) is 11.3 Å². The van der Waals surface area contributed by atoms with Gasteiger partial charge < -0.3 is 9.30 Å². The van der Waals surface area contributed by atoms with Crippen molar-refractivity contribution in [3.05, 3.63) is 58.4 Å². The summed E-state index contributed by atoms with van der Waals surface area (Å²) in [6.45, 7) is 4.73. The summed E-state index contributed by atoms with van der Waals surface area (Å²) in [4.78, 5) is 13.4. The summed E-state index contributed by atoms with van der Waals surface area (Å²) < 4.78 is 22.3. The molecular weight excluding hydrogens is 409 g/mol. The first-order valence-corrected chi connectivity index (χ1v) is 11.0. The van der Waals surface area contributed by atoms with Gasteiger partial charge in [-0.3, -0.25) is 4.79 Å². The van der Waals surface area contributed by atoms with Crippen LogP contribution in [-0.4, -0.2) is 31.5 Å². The lowest BCUT2D eigenvalue weighted by molar-refractivity contribution is 0.181. The SMILES string of the molecule is COCc1nn2c(nnc3c(=O)n([C@@H]4CCC[C@H](C)[C@H]4C)ccc32)c1-c1ccc(F)cc1. The van der Waals surface area contributed by atoms with Gasteiger partial charge in [0.15, 0.2) is 11.2 Å². The number of rotatable bonds is 4. The number of aromatic nitrogens is 5. The van der Waals surface area contributed by atoms with E-state index < -0.39 is 0 Å². The first-order valence-electron chi connectivity index (χ1n) is 11.0. The highest BCUT2D eigenvalue weighted by Crippen LogP contribution is 2.37. The van der Waals surface area contributed by atoms with Crippen molar-refractivity contribution >= 4 is 16.7 Å². The molecule has 1 aromatic carbocycles. The summed E-state index contributed by atoms with van der Waals surface area (Å²) in [6.07, 6.45) is 5.16. The summed E-state index contributed by atoms with van der Waals surface area (Å²) in [5, 5.41) is 13.4. The molecule has 5 rings (SSSR count). The number of hydrogen-bond acceptors (Lipinski definition) is 5.